The van der Waals surface area contributed by atoms with Crippen LogP contribution in [0, 0.1) is 0 Å². The number of benzene rings is 1. The van der Waals surface area contributed by atoms with Crippen molar-refractivity contribution in [2.75, 3.05) is 0 Å². The summed E-state index contributed by atoms with van der Waals surface area (Å²) in [6.45, 7) is 3.12. The summed E-state index contributed by atoms with van der Waals surface area (Å²) in [5, 5.41) is 2.38. The summed E-state index contributed by atoms with van der Waals surface area (Å²) in [7, 11) is 0. The molecule has 0 saturated carbocycles. The fraction of sp³-hybridized carbons (Fsp3) is 0.308. The van der Waals surface area contributed by atoms with E-state index in [1.165, 1.54) is 6.92 Å². The number of esters is 1. The molecular formula is C13H14N2O4. The van der Waals surface area contributed by atoms with Crippen molar-refractivity contribution in [3.8, 4) is 0 Å². The molecule has 0 radical (unpaired) electrons. The van der Waals surface area contributed by atoms with Gasteiger partial charge in [-0.15, -0.1) is 0 Å². The van der Waals surface area contributed by atoms with E-state index in [1.54, 1.807) is 6.92 Å². The molecule has 0 aromatic heterocycles. The highest BCUT2D eigenvalue weighted by molar-refractivity contribution is 5.99. The van der Waals surface area contributed by atoms with Gasteiger partial charge < -0.3 is 9.47 Å². The molecule has 0 spiro atoms. The molecule has 0 aliphatic carbocycles. The number of hydrogen-bond acceptors (Lipinski definition) is 5. The van der Waals surface area contributed by atoms with Gasteiger partial charge in [0.05, 0.1) is 0 Å². The molecule has 0 saturated heterocycles. The van der Waals surface area contributed by atoms with E-state index in [-0.39, 0.29) is 12.5 Å². The van der Waals surface area contributed by atoms with Crippen LogP contribution in [0.1, 0.15) is 19.4 Å². The first kappa shape index (κ1) is 13.1. The number of amides is 1. The van der Waals surface area contributed by atoms with E-state index in [0.717, 1.165) is 5.56 Å². The maximum absolute atomic E-state index is 11.6. The number of carbonyl (C=O) groups excluding carboxylic acids is 2. The molecule has 1 aromatic carbocycles. The van der Waals surface area contributed by atoms with Gasteiger partial charge >= 0.3 is 12.1 Å². The predicted octanol–water partition coefficient (Wildman–Crippen LogP) is 1.60. The van der Waals surface area contributed by atoms with Crippen LogP contribution in [0.25, 0.3) is 0 Å². The zero-order chi connectivity index (χ0) is 13.9. The molecule has 1 aliphatic rings. The third kappa shape index (κ3) is 3.09. The van der Waals surface area contributed by atoms with Gasteiger partial charge in [-0.1, -0.05) is 30.3 Å². The number of rotatable bonds is 3. The zero-order valence-electron chi connectivity index (χ0n) is 10.7. The second kappa shape index (κ2) is 5.09. The summed E-state index contributed by atoms with van der Waals surface area (Å²) in [6, 6.07) is 9.23. The van der Waals surface area contributed by atoms with Crippen LogP contribution in [0.5, 0.6) is 0 Å². The van der Waals surface area contributed by atoms with Crippen LogP contribution in [0.15, 0.2) is 35.3 Å². The van der Waals surface area contributed by atoms with E-state index in [9.17, 15) is 9.59 Å². The van der Waals surface area contributed by atoms with Gasteiger partial charge in [0.1, 0.15) is 6.61 Å². The molecule has 1 N–H and O–H groups in total. The van der Waals surface area contributed by atoms with Crippen molar-refractivity contribution in [1.82, 2.24) is 5.32 Å². The lowest BCUT2D eigenvalue weighted by atomic mass is 10.2. The standard InChI is InChI=1S/C13H14N2O4/c1-9-14-13(2,11(16)19-9)15-12(17)18-8-10-6-4-3-5-7-10/h3-7H,8H2,1-2H3,(H,15,17). The first-order valence-corrected chi connectivity index (χ1v) is 5.77. The first-order chi connectivity index (χ1) is 8.99. The van der Waals surface area contributed by atoms with Crippen molar-refractivity contribution in [2.45, 2.75) is 26.1 Å². The van der Waals surface area contributed by atoms with Crippen LogP contribution >= 0.6 is 0 Å². The van der Waals surface area contributed by atoms with E-state index in [4.69, 9.17) is 9.47 Å². The number of carbonyl (C=O) groups is 2. The second-order valence-corrected chi connectivity index (χ2v) is 4.28. The zero-order valence-corrected chi connectivity index (χ0v) is 10.7. The van der Waals surface area contributed by atoms with E-state index < -0.39 is 17.7 Å². The fourth-order valence-corrected chi connectivity index (χ4v) is 1.65. The van der Waals surface area contributed by atoms with Gasteiger partial charge in [0.2, 0.25) is 5.66 Å². The number of cyclic esters (lactones) is 1. The largest absolute Gasteiger partial charge is 0.445 e. The highest BCUT2D eigenvalue weighted by Crippen LogP contribution is 2.17. The molecule has 1 unspecified atom stereocenters. The Morgan fingerprint density at radius 2 is 2.11 bits per heavy atom. The first-order valence-electron chi connectivity index (χ1n) is 5.77. The van der Waals surface area contributed by atoms with Gasteiger partial charge in [-0.05, 0) is 12.5 Å². The Balaban J connectivity index is 1.90. The van der Waals surface area contributed by atoms with Crippen molar-refractivity contribution in [1.29, 1.82) is 0 Å². The van der Waals surface area contributed by atoms with Crippen LogP contribution < -0.4 is 5.32 Å². The van der Waals surface area contributed by atoms with Crippen molar-refractivity contribution < 1.29 is 19.1 Å². The van der Waals surface area contributed by atoms with Crippen LogP contribution in [0.2, 0.25) is 0 Å². The Morgan fingerprint density at radius 1 is 1.42 bits per heavy atom. The molecule has 1 aromatic rings. The highest BCUT2D eigenvalue weighted by atomic mass is 16.6. The van der Waals surface area contributed by atoms with Crippen molar-refractivity contribution in [3.05, 3.63) is 35.9 Å². The monoisotopic (exact) mass is 262 g/mol. The number of aliphatic imine (C=N–C) groups is 1. The van der Waals surface area contributed by atoms with E-state index in [1.807, 2.05) is 30.3 Å². The van der Waals surface area contributed by atoms with Gasteiger partial charge in [-0.25, -0.2) is 14.6 Å². The maximum Gasteiger partial charge on any atom is 0.409 e. The molecular weight excluding hydrogens is 248 g/mol. The third-order valence-electron chi connectivity index (χ3n) is 2.58. The molecule has 1 atom stereocenters. The molecule has 0 bridgehead atoms. The lowest BCUT2D eigenvalue weighted by molar-refractivity contribution is -0.139. The second-order valence-electron chi connectivity index (χ2n) is 4.28. The normalized spacial score (nSPS) is 21.6. The quantitative estimate of drug-likeness (QED) is 0.839. The van der Waals surface area contributed by atoms with E-state index in [2.05, 4.69) is 10.3 Å². The smallest absolute Gasteiger partial charge is 0.409 e. The minimum atomic E-state index is -1.40. The number of ether oxygens (including phenoxy) is 2. The van der Waals surface area contributed by atoms with Gasteiger partial charge in [0, 0.05) is 6.92 Å². The molecule has 19 heavy (non-hydrogen) atoms. The topological polar surface area (TPSA) is 77.0 Å². The summed E-state index contributed by atoms with van der Waals surface area (Å²) in [5.41, 5.74) is -0.547. The third-order valence-corrected chi connectivity index (χ3v) is 2.58. The molecule has 2 rings (SSSR count). The van der Waals surface area contributed by atoms with Gasteiger partial charge in [-0.3, -0.25) is 5.32 Å². The van der Waals surface area contributed by atoms with Crippen LogP contribution in [-0.4, -0.2) is 23.6 Å². The minimum absolute atomic E-state index is 0.125. The van der Waals surface area contributed by atoms with Gasteiger partial charge in [0.15, 0.2) is 5.90 Å². The summed E-state index contributed by atoms with van der Waals surface area (Å²) in [6.07, 6.45) is -0.721. The predicted molar refractivity (Wildman–Crippen MR) is 67.4 cm³/mol. The molecule has 1 aliphatic heterocycles. The molecule has 0 fully saturated rings. The lowest BCUT2D eigenvalue weighted by Crippen LogP contribution is -2.49. The van der Waals surface area contributed by atoms with Crippen LogP contribution in [-0.2, 0) is 20.9 Å². The fourth-order valence-electron chi connectivity index (χ4n) is 1.65. The maximum atomic E-state index is 11.6. The summed E-state index contributed by atoms with van der Waals surface area (Å²) in [4.78, 5) is 27.1. The Hall–Kier alpha value is -2.37. The van der Waals surface area contributed by atoms with E-state index >= 15 is 0 Å². The van der Waals surface area contributed by atoms with Crippen LogP contribution in [0.3, 0.4) is 0 Å². The number of alkyl carbamates (subject to hydrolysis) is 1. The average Bonchev–Trinajstić information content (AvgIpc) is 2.61. The molecule has 6 nitrogen and oxygen atoms in total. The molecule has 1 heterocycles. The van der Waals surface area contributed by atoms with Gasteiger partial charge in [-0.2, -0.15) is 0 Å². The van der Waals surface area contributed by atoms with E-state index in [0.29, 0.717) is 0 Å². The SMILES string of the molecule is CC1=NC(C)(NC(=O)OCc2ccccc2)C(=O)O1. The number of nitrogens with zero attached hydrogens (tertiary/aromatic N) is 1. The van der Waals surface area contributed by atoms with Crippen molar-refractivity contribution in [3.63, 3.8) is 0 Å². The summed E-state index contributed by atoms with van der Waals surface area (Å²) in [5.74, 6) is -0.405. The van der Waals surface area contributed by atoms with Crippen LogP contribution in [0.4, 0.5) is 4.79 Å². The Kier molecular flexibility index (Phi) is 3.50. The molecule has 1 amide bonds. The summed E-state index contributed by atoms with van der Waals surface area (Å²) < 4.78 is 9.79. The number of nitrogens with one attached hydrogen (secondary N) is 1. The minimum Gasteiger partial charge on any atom is -0.445 e. The summed E-state index contributed by atoms with van der Waals surface area (Å²) >= 11 is 0. The highest BCUT2D eigenvalue weighted by Gasteiger charge is 2.42. The molecule has 6 heteroatoms. The Bertz CT molecular complexity index is 527. The molecule has 100 valence electrons. The van der Waals surface area contributed by atoms with Gasteiger partial charge in [0.25, 0.3) is 0 Å². The Morgan fingerprint density at radius 3 is 2.68 bits per heavy atom. The lowest BCUT2D eigenvalue weighted by Gasteiger charge is -2.17. The van der Waals surface area contributed by atoms with Crippen molar-refractivity contribution >= 4 is 18.0 Å². The number of hydrogen-bond donors (Lipinski definition) is 1. The Labute approximate surface area is 110 Å². The average molecular weight is 262 g/mol. The van der Waals surface area contributed by atoms with Crippen molar-refractivity contribution in [2.24, 2.45) is 4.99 Å².